The Morgan fingerprint density at radius 3 is 2.52 bits per heavy atom. The average Bonchev–Trinajstić information content (AvgIpc) is 3.11. The number of likely N-dealkylation sites (tertiary alicyclic amines) is 1. The lowest BCUT2D eigenvalue weighted by atomic mass is 9.87. The summed E-state index contributed by atoms with van der Waals surface area (Å²) in [5.74, 6) is 0.755. The number of thiazole rings is 1. The molecular formula is C24H34N2O2S. The Morgan fingerprint density at radius 1 is 1.24 bits per heavy atom. The minimum Gasteiger partial charge on any atom is -0.391 e. The highest BCUT2D eigenvalue weighted by molar-refractivity contribution is 7.10. The first-order valence-electron chi connectivity index (χ1n) is 10.6. The van der Waals surface area contributed by atoms with Crippen molar-refractivity contribution < 1.29 is 9.90 Å². The highest BCUT2D eigenvalue weighted by Gasteiger charge is 2.27. The summed E-state index contributed by atoms with van der Waals surface area (Å²) in [4.78, 5) is 19.6. The number of carbonyl (C=O) groups is 1. The fraction of sp³-hybridized carbons (Fsp3) is 0.583. The number of aryl methyl sites for hydroxylation is 1. The number of β-amino-alcohol motifs (C(OH)–C–C–N with tert-alkyl or cyclic N) is 1. The molecule has 1 N–H and O–H groups in total. The van der Waals surface area contributed by atoms with Crippen molar-refractivity contribution in [2.24, 2.45) is 11.3 Å². The third-order valence-electron chi connectivity index (χ3n) is 5.90. The smallest absolute Gasteiger partial charge is 0.139 e. The van der Waals surface area contributed by atoms with Crippen LogP contribution in [0.15, 0.2) is 29.6 Å². The van der Waals surface area contributed by atoms with Crippen LogP contribution >= 0.6 is 11.3 Å². The highest BCUT2D eigenvalue weighted by atomic mass is 32.1. The second kappa shape index (κ2) is 9.50. The molecule has 1 aliphatic rings. The molecule has 1 aliphatic heterocycles. The normalized spacial score (nSPS) is 17.4. The third kappa shape index (κ3) is 6.46. The summed E-state index contributed by atoms with van der Waals surface area (Å²) in [6.07, 6.45) is 2.85. The molecule has 0 amide bonds. The predicted octanol–water partition coefficient (Wildman–Crippen LogP) is 4.74. The molecular weight excluding hydrogens is 380 g/mol. The Hall–Kier alpha value is -1.56. The lowest BCUT2D eigenvalue weighted by molar-refractivity contribution is -0.119. The zero-order chi connectivity index (χ0) is 21.0. The van der Waals surface area contributed by atoms with Gasteiger partial charge in [0.1, 0.15) is 10.8 Å². The quantitative estimate of drug-likeness (QED) is 0.711. The molecule has 2 heterocycles. The van der Waals surface area contributed by atoms with Gasteiger partial charge in [0.2, 0.25) is 0 Å². The second-order valence-corrected chi connectivity index (χ2v) is 10.5. The van der Waals surface area contributed by atoms with Gasteiger partial charge >= 0.3 is 0 Å². The molecule has 158 valence electrons. The monoisotopic (exact) mass is 414 g/mol. The number of benzene rings is 1. The molecule has 0 radical (unpaired) electrons. The molecule has 1 unspecified atom stereocenters. The number of Topliss-reactive ketones (excluding diaryl/α,β-unsaturated/α-hetero) is 1. The van der Waals surface area contributed by atoms with Crippen LogP contribution < -0.4 is 0 Å². The van der Waals surface area contributed by atoms with Gasteiger partial charge in [-0.1, -0.05) is 50.6 Å². The van der Waals surface area contributed by atoms with Crippen LogP contribution in [0.3, 0.4) is 0 Å². The maximum absolute atomic E-state index is 12.6. The Balaban J connectivity index is 1.44. The summed E-state index contributed by atoms with van der Waals surface area (Å²) in [5, 5.41) is 13.3. The van der Waals surface area contributed by atoms with Crippen LogP contribution in [-0.4, -0.2) is 46.5 Å². The summed E-state index contributed by atoms with van der Waals surface area (Å²) < 4.78 is 0. The van der Waals surface area contributed by atoms with Crippen molar-refractivity contribution in [2.75, 3.05) is 19.6 Å². The van der Waals surface area contributed by atoms with E-state index in [9.17, 15) is 9.90 Å². The predicted molar refractivity (Wildman–Crippen MR) is 120 cm³/mol. The van der Waals surface area contributed by atoms with E-state index in [0.29, 0.717) is 24.5 Å². The topological polar surface area (TPSA) is 53.4 Å². The van der Waals surface area contributed by atoms with Crippen molar-refractivity contribution in [2.45, 2.75) is 59.5 Å². The zero-order valence-electron chi connectivity index (χ0n) is 18.1. The highest BCUT2D eigenvalue weighted by Crippen LogP contribution is 2.26. The largest absolute Gasteiger partial charge is 0.391 e. The second-order valence-electron chi connectivity index (χ2n) is 9.54. The summed E-state index contributed by atoms with van der Waals surface area (Å²) in [6, 6.07) is 8.35. The van der Waals surface area contributed by atoms with E-state index in [4.69, 9.17) is 0 Å². The number of ketones is 1. The number of hydrogen-bond acceptors (Lipinski definition) is 5. The molecule has 1 aromatic heterocycles. The number of aliphatic hydroxyl groups excluding tert-OH is 1. The van der Waals surface area contributed by atoms with Gasteiger partial charge in [0.15, 0.2) is 0 Å². The summed E-state index contributed by atoms with van der Waals surface area (Å²) >= 11 is 1.58. The number of nitrogens with zero attached hydrogens (tertiary/aromatic N) is 2. The Labute approximate surface area is 179 Å². The summed E-state index contributed by atoms with van der Waals surface area (Å²) in [5.41, 5.74) is 3.22. The van der Waals surface area contributed by atoms with E-state index in [1.54, 1.807) is 11.3 Å². The van der Waals surface area contributed by atoms with Crippen molar-refractivity contribution in [3.63, 3.8) is 0 Å². The van der Waals surface area contributed by atoms with Crippen LogP contribution in [0.4, 0.5) is 0 Å². The molecule has 2 aromatic rings. The van der Waals surface area contributed by atoms with Crippen LogP contribution in [-0.2, 0) is 11.2 Å². The molecule has 1 aromatic carbocycles. The number of aromatic nitrogens is 1. The van der Waals surface area contributed by atoms with Crippen molar-refractivity contribution in [1.29, 1.82) is 0 Å². The average molecular weight is 415 g/mol. The molecule has 29 heavy (non-hydrogen) atoms. The fourth-order valence-corrected chi connectivity index (χ4v) is 4.54. The molecule has 1 saturated heterocycles. The van der Waals surface area contributed by atoms with Gasteiger partial charge in [0, 0.05) is 23.9 Å². The van der Waals surface area contributed by atoms with Crippen LogP contribution in [0.2, 0.25) is 0 Å². The van der Waals surface area contributed by atoms with E-state index in [0.717, 1.165) is 48.7 Å². The lowest BCUT2D eigenvalue weighted by Crippen LogP contribution is -2.43. The van der Waals surface area contributed by atoms with E-state index >= 15 is 0 Å². The van der Waals surface area contributed by atoms with Gasteiger partial charge in [-0.15, -0.1) is 11.3 Å². The van der Waals surface area contributed by atoms with Crippen molar-refractivity contribution >= 4 is 17.1 Å². The molecule has 0 aliphatic carbocycles. The van der Waals surface area contributed by atoms with Crippen LogP contribution in [0.25, 0.3) is 11.3 Å². The van der Waals surface area contributed by atoms with Gasteiger partial charge in [-0.25, -0.2) is 4.98 Å². The SMILES string of the molecule is Cc1ccc(-c2csc(CC(=O)CC3CCN(CC(O)C(C)(C)C)CC3)n2)cc1. The van der Waals surface area contributed by atoms with E-state index in [1.165, 1.54) is 5.56 Å². The van der Waals surface area contributed by atoms with Gasteiger partial charge in [-0.05, 0) is 44.2 Å². The molecule has 5 heteroatoms. The fourth-order valence-electron chi connectivity index (χ4n) is 3.70. The van der Waals surface area contributed by atoms with E-state index in [-0.39, 0.29) is 11.5 Å². The Morgan fingerprint density at radius 2 is 1.90 bits per heavy atom. The standard InChI is InChI=1S/C24H34N2O2S/c1-17-5-7-19(8-6-17)21-16-29-23(25-21)14-20(27)13-18-9-11-26(12-10-18)15-22(28)24(2,3)4/h5-8,16,18,22,28H,9-15H2,1-4H3. The third-order valence-corrected chi connectivity index (χ3v) is 6.75. The molecule has 0 saturated carbocycles. The van der Waals surface area contributed by atoms with Crippen LogP contribution in [0.5, 0.6) is 0 Å². The molecule has 0 spiro atoms. The van der Waals surface area contributed by atoms with E-state index in [2.05, 4.69) is 61.8 Å². The number of piperidine rings is 1. The number of hydrogen-bond donors (Lipinski definition) is 1. The maximum atomic E-state index is 12.6. The first-order valence-corrected chi connectivity index (χ1v) is 11.5. The van der Waals surface area contributed by atoms with Gasteiger partial charge in [0.25, 0.3) is 0 Å². The summed E-state index contributed by atoms with van der Waals surface area (Å²) in [6.45, 7) is 11.0. The maximum Gasteiger partial charge on any atom is 0.139 e. The Kier molecular flexibility index (Phi) is 7.25. The molecule has 3 rings (SSSR count). The number of carbonyl (C=O) groups excluding carboxylic acids is 1. The minimum atomic E-state index is -0.312. The lowest BCUT2D eigenvalue weighted by Gasteiger charge is -2.36. The molecule has 1 fully saturated rings. The van der Waals surface area contributed by atoms with Crippen LogP contribution in [0.1, 0.15) is 50.6 Å². The molecule has 1 atom stereocenters. The van der Waals surface area contributed by atoms with Gasteiger partial charge in [-0.3, -0.25) is 4.79 Å². The number of aliphatic hydroxyl groups is 1. The number of rotatable bonds is 7. The van der Waals surface area contributed by atoms with E-state index in [1.807, 2.05) is 5.38 Å². The Bertz CT molecular complexity index is 799. The summed E-state index contributed by atoms with van der Waals surface area (Å²) in [7, 11) is 0. The molecule has 4 nitrogen and oxygen atoms in total. The van der Waals surface area contributed by atoms with Crippen molar-refractivity contribution in [3.05, 3.63) is 40.2 Å². The first-order chi connectivity index (χ1) is 13.7. The van der Waals surface area contributed by atoms with Gasteiger partial charge in [-0.2, -0.15) is 0 Å². The zero-order valence-corrected chi connectivity index (χ0v) is 19.0. The van der Waals surface area contributed by atoms with Gasteiger partial charge < -0.3 is 10.0 Å². The van der Waals surface area contributed by atoms with Crippen LogP contribution in [0, 0.1) is 18.3 Å². The first kappa shape index (κ1) is 22.1. The minimum absolute atomic E-state index is 0.0854. The van der Waals surface area contributed by atoms with Crippen molar-refractivity contribution in [3.8, 4) is 11.3 Å². The molecule has 0 bridgehead atoms. The van der Waals surface area contributed by atoms with Crippen molar-refractivity contribution in [1.82, 2.24) is 9.88 Å². The van der Waals surface area contributed by atoms with Gasteiger partial charge in [0.05, 0.1) is 18.2 Å². The van der Waals surface area contributed by atoms with E-state index < -0.39 is 0 Å².